The van der Waals surface area contributed by atoms with E-state index >= 15 is 0 Å². The molecule has 0 aromatic carbocycles. The highest BCUT2D eigenvalue weighted by atomic mass is 79.9. The summed E-state index contributed by atoms with van der Waals surface area (Å²) in [6.07, 6.45) is 2.97. The topological polar surface area (TPSA) is 43.2 Å². The minimum absolute atomic E-state index is 0.853. The average Bonchev–Trinajstić information content (AvgIpc) is 2.76. The predicted octanol–water partition coefficient (Wildman–Crippen LogP) is 0.548. The molecule has 90 valence electrons. The zero-order valence-electron chi connectivity index (χ0n) is 9.31. The van der Waals surface area contributed by atoms with Crippen molar-refractivity contribution in [3.05, 3.63) is 11.9 Å². The van der Waals surface area contributed by atoms with Gasteiger partial charge < -0.3 is 4.74 Å². The molecule has 2 rings (SSSR count). The van der Waals surface area contributed by atoms with Gasteiger partial charge in [0.05, 0.1) is 25.5 Å². The van der Waals surface area contributed by atoms with Crippen molar-refractivity contribution in [2.45, 2.75) is 13.0 Å². The first-order valence-corrected chi connectivity index (χ1v) is 6.76. The Bertz CT molecular complexity index is 312. The summed E-state index contributed by atoms with van der Waals surface area (Å²) < 4.78 is 7.23. The van der Waals surface area contributed by atoms with E-state index in [-0.39, 0.29) is 0 Å². The SMILES string of the molecule is BrCCc1cn(CCN2CCOCC2)nn1. The lowest BCUT2D eigenvalue weighted by molar-refractivity contribution is 0.0359. The monoisotopic (exact) mass is 288 g/mol. The first kappa shape index (κ1) is 12.0. The van der Waals surface area contributed by atoms with Crippen LogP contribution < -0.4 is 0 Å². The lowest BCUT2D eigenvalue weighted by Crippen LogP contribution is -2.38. The molecule has 0 unspecified atom stereocenters. The first-order valence-electron chi connectivity index (χ1n) is 5.63. The fourth-order valence-electron chi connectivity index (χ4n) is 1.73. The first-order chi connectivity index (χ1) is 7.88. The van der Waals surface area contributed by atoms with Crippen molar-refractivity contribution in [3.8, 4) is 0 Å². The van der Waals surface area contributed by atoms with Crippen molar-refractivity contribution >= 4 is 15.9 Å². The minimum Gasteiger partial charge on any atom is -0.379 e. The van der Waals surface area contributed by atoms with Crippen LogP contribution in [0, 0.1) is 0 Å². The van der Waals surface area contributed by atoms with Crippen LogP contribution in [0.4, 0.5) is 0 Å². The molecular formula is C10H17BrN4O. The maximum Gasteiger partial charge on any atom is 0.0835 e. The van der Waals surface area contributed by atoms with Crippen molar-refractivity contribution in [1.82, 2.24) is 19.9 Å². The van der Waals surface area contributed by atoms with Crippen molar-refractivity contribution in [1.29, 1.82) is 0 Å². The van der Waals surface area contributed by atoms with E-state index in [1.54, 1.807) is 0 Å². The zero-order chi connectivity index (χ0) is 11.2. The van der Waals surface area contributed by atoms with E-state index in [0.29, 0.717) is 0 Å². The Morgan fingerprint density at radius 3 is 2.88 bits per heavy atom. The number of aryl methyl sites for hydroxylation is 1. The van der Waals surface area contributed by atoms with E-state index < -0.39 is 0 Å². The summed E-state index contributed by atoms with van der Waals surface area (Å²) in [7, 11) is 0. The third kappa shape index (κ3) is 3.54. The molecule has 1 saturated heterocycles. The fraction of sp³-hybridized carbons (Fsp3) is 0.800. The molecule has 0 radical (unpaired) electrons. The van der Waals surface area contributed by atoms with Gasteiger partial charge in [0.25, 0.3) is 0 Å². The van der Waals surface area contributed by atoms with E-state index in [1.807, 2.05) is 10.9 Å². The van der Waals surface area contributed by atoms with Gasteiger partial charge in [0.2, 0.25) is 0 Å². The van der Waals surface area contributed by atoms with Crippen LogP contribution in [0.5, 0.6) is 0 Å². The number of rotatable bonds is 5. The molecule has 1 fully saturated rings. The van der Waals surface area contributed by atoms with Crippen molar-refractivity contribution in [2.24, 2.45) is 0 Å². The Morgan fingerprint density at radius 2 is 2.12 bits per heavy atom. The van der Waals surface area contributed by atoms with Crippen LogP contribution in [0.3, 0.4) is 0 Å². The molecule has 1 aliphatic heterocycles. The normalized spacial score (nSPS) is 17.8. The lowest BCUT2D eigenvalue weighted by Gasteiger charge is -2.26. The smallest absolute Gasteiger partial charge is 0.0835 e. The van der Waals surface area contributed by atoms with Gasteiger partial charge in [-0.3, -0.25) is 9.58 Å². The largest absolute Gasteiger partial charge is 0.379 e. The molecule has 0 saturated carbocycles. The van der Waals surface area contributed by atoms with Crippen LogP contribution >= 0.6 is 15.9 Å². The highest BCUT2D eigenvalue weighted by Crippen LogP contribution is 2.00. The Morgan fingerprint density at radius 1 is 1.31 bits per heavy atom. The van der Waals surface area contributed by atoms with Crippen LogP contribution in [0.25, 0.3) is 0 Å². The van der Waals surface area contributed by atoms with Crippen LogP contribution in [0.2, 0.25) is 0 Å². The number of halogens is 1. The number of hydrogen-bond acceptors (Lipinski definition) is 4. The molecular weight excluding hydrogens is 272 g/mol. The molecule has 0 N–H and O–H groups in total. The zero-order valence-corrected chi connectivity index (χ0v) is 10.9. The number of morpholine rings is 1. The Labute approximate surface area is 104 Å². The van der Waals surface area contributed by atoms with Crippen LogP contribution in [-0.4, -0.2) is 58.1 Å². The van der Waals surface area contributed by atoms with Gasteiger partial charge in [0.15, 0.2) is 0 Å². The summed E-state index contributed by atoms with van der Waals surface area (Å²) in [4.78, 5) is 2.40. The number of ether oxygens (including phenoxy) is 1. The van der Waals surface area contributed by atoms with Crippen molar-refractivity contribution < 1.29 is 4.74 Å². The third-order valence-electron chi connectivity index (χ3n) is 2.69. The van der Waals surface area contributed by atoms with E-state index in [9.17, 15) is 0 Å². The van der Waals surface area contributed by atoms with Gasteiger partial charge in [0, 0.05) is 37.6 Å². The molecule has 2 heterocycles. The van der Waals surface area contributed by atoms with Gasteiger partial charge in [-0.1, -0.05) is 21.1 Å². The molecule has 0 amide bonds. The second kappa shape index (κ2) is 6.32. The highest BCUT2D eigenvalue weighted by molar-refractivity contribution is 9.09. The summed E-state index contributed by atoms with van der Waals surface area (Å²) in [5, 5.41) is 9.16. The van der Waals surface area contributed by atoms with Gasteiger partial charge in [0.1, 0.15) is 0 Å². The summed E-state index contributed by atoms with van der Waals surface area (Å²) in [6, 6.07) is 0. The van der Waals surface area contributed by atoms with Crippen LogP contribution in [0.15, 0.2) is 6.20 Å². The second-order valence-corrected chi connectivity index (χ2v) is 4.66. The van der Waals surface area contributed by atoms with E-state index in [4.69, 9.17) is 4.74 Å². The maximum absolute atomic E-state index is 5.31. The van der Waals surface area contributed by atoms with Gasteiger partial charge in [-0.2, -0.15) is 0 Å². The third-order valence-corrected chi connectivity index (χ3v) is 3.08. The number of aromatic nitrogens is 3. The second-order valence-electron chi connectivity index (χ2n) is 3.87. The van der Waals surface area contributed by atoms with Crippen LogP contribution in [-0.2, 0) is 17.7 Å². The molecule has 1 aromatic rings. The minimum atomic E-state index is 0.853. The standard InChI is InChI=1S/C10H17BrN4O/c11-2-1-10-9-15(13-12-10)4-3-14-5-7-16-8-6-14/h9H,1-8H2. The van der Waals surface area contributed by atoms with Gasteiger partial charge in [-0.25, -0.2) is 0 Å². The number of nitrogens with zero attached hydrogens (tertiary/aromatic N) is 4. The molecule has 16 heavy (non-hydrogen) atoms. The number of hydrogen-bond donors (Lipinski definition) is 0. The summed E-state index contributed by atoms with van der Waals surface area (Å²) in [5.74, 6) is 0. The fourth-order valence-corrected chi connectivity index (χ4v) is 2.13. The van der Waals surface area contributed by atoms with E-state index in [2.05, 4.69) is 31.1 Å². The molecule has 1 aromatic heterocycles. The molecule has 6 heteroatoms. The van der Waals surface area contributed by atoms with Gasteiger partial charge in [-0.15, -0.1) is 5.10 Å². The predicted molar refractivity (Wildman–Crippen MR) is 64.8 cm³/mol. The van der Waals surface area contributed by atoms with E-state index in [1.165, 1.54) is 0 Å². The molecule has 1 aliphatic rings. The molecule has 0 atom stereocenters. The summed E-state index contributed by atoms with van der Waals surface area (Å²) in [5.41, 5.74) is 1.05. The van der Waals surface area contributed by atoms with Gasteiger partial charge >= 0.3 is 0 Å². The Hall–Kier alpha value is -0.460. The summed E-state index contributed by atoms with van der Waals surface area (Å²) >= 11 is 3.40. The lowest BCUT2D eigenvalue weighted by atomic mass is 10.4. The van der Waals surface area contributed by atoms with Crippen LogP contribution in [0.1, 0.15) is 5.69 Å². The van der Waals surface area contributed by atoms with Crippen molar-refractivity contribution in [3.63, 3.8) is 0 Å². The molecule has 0 aliphatic carbocycles. The summed E-state index contributed by atoms with van der Waals surface area (Å²) in [6.45, 7) is 5.71. The molecule has 0 bridgehead atoms. The number of alkyl halides is 1. The Balaban J connectivity index is 1.75. The quantitative estimate of drug-likeness (QED) is 0.742. The molecule has 0 spiro atoms. The maximum atomic E-state index is 5.31. The van der Waals surface area contributed by atoms with Crippen molar-refractivity contribution in [2.75, 3.05) is 38.2 Å². The van der Waals surface area contributed by atoms with E-state index in [0.717, 1.165) is 56.8 Å². The average molecular weight is 289 g/mol. The Kier molecular flexibility index (Phi) is 4.74. The molecule has 5 nitrogen and oxygen atoms in total. The highest BCUT2D eigenvalue weighted by Gasteiger charge is 2.10. The van der Waals surface area contributed by atoms with Gasteiger partial charge in [-0.05, 0) is 0 Å².